The van der Waals surface area contributed by atoms with Gasteiger partial charge in [-0.3, -0.25) is 4.90 Å². The van der Waals surface area contributed by atoms with Gasteiger partial charge in [0.1, 0.15) is 0 Å². The summed E-state index contributed by atoms with van der Waals surface area (Å²) in [6.07, 6.45) is 0. The molecule has 106 valence electrons. The maximum Gasteiger partial charge on any atom is 0.165 e. The van der Waals surface area contributed by atoms with Crippen LogP contribution >= 0.6 is 0 Å². The van der Waals surface area contributed by atoms with Gasteiger partial charge in [-0.05, 0) is 24.6 Å². The molecular formula is C14H21FN2O2. The molecule has 5 heteroatoms. The minimum Gasteiger partial charge on any atom is -0.491 e. The second-order valence-electron chi connectivity index (χ2n) is 4.52. The van der Waals surface area contributed by atoms with Crippen molar-refractivity contribution in [3.05, 3.63) is 29.6 Å². The summed E-state index contributed by atoms with van der Waals surface area (Å²) in [5.41, 5.74) is 6.74. The third kappa shape index (κ3) is 3.43. The standard InChI is InChI=1S/C14H21FN2O2/c1-2-19-14-4-3-11(9-12(14)15)13(10-16)17-5-7-18-8-6-17/h3-4,9,13H,2,5-8,10,16H2,1H3. The SMILES string of the molecule is CCOc1ccc(C(CN)N2CCOCC2)cc1F. The monoisotopic (exact) mass is 268 g/mol. The number of rotatable bonds is 5. The molecule has 4 nitrogen and oxygen atoms in total. The Morgan fingerprint density at radius 2 is 2.16 bits per heavy atom. The van der Waals surface area contributed by atoms with E-state index in [4.69, 9.17) is 15.2 Å². The maximum absolute atomic E-state index is 13.9. The Labute approximate surface area is 113 Å². The highest BCUT2D eigenvalue weighted by atomic mass is 19.1. The van der Waals surface area contributed by atoms with E-state index in [0.717, 1.165) is 18.7 Å². The van der Waals surface area contributed by atoms with Crippen LogP contribution in [0.15, 0.2) is 18.2 Å². The summed E-state index contributed by atoms with van der Waals surface area (Å²) < 4.78 is 24.4. The van der Waals surface area contributed by atoms with Gasteiger partial charge in [0.25, 0.3) is 0 Å². The third-order valence-electron chi connectivity index (χ3n) is 3.35. The molecule has 1 saturated heterocycles. The molecule has 1 fully saturated rings. The van der Waals surface area contributed by atoms with E-state index >= 15 is 0 Å². The van der Waals surface area contributed by atoms with Crippen molar-refractivity contribution in [2.75, 3.05) is 39.5 Å². The zero-order valence-electron chi connectivity index (χ0n) is 11.3. The Bertz CT molecular complexity index is 408. The van der Waals surface area contributed by atoms with Gasteiger partial charge in [-0.25, -0.2) is 4.39 Å². The molecule has 2 N–H and O–H groups in total. The summed E-state index contributed by atoms with van der Waals surface area (Å²) >= 11 is 0. The van der Waals surface area contributed by atoms with Crippen molar-refractivity contribution < 1.29 is 13.9 Å². The van der Waals surface area contributed by atoms with E-state index in [9.17, 15) is 4.39 Å². The van der Waals surface area contributed by atoms with Crippen molar-refractivity contribution in [2.45, 2.75) is 13.0 Å². The number of hydrogen-bond donors (Lipinski definition) is 1. The summed E-state index contributed by atoms with van der Waals surface area (Å²) in [6, 6.07) is 5.13. The molecular weight excluding hydrogens is 247 g/mol. The summed E-state index contributed by atoms with van der Waals surface area (Å²) in [4.78, 5) is 2.23. The fraction of sp³-hybridized carbons (Fsp3) is 0.571. The fourth-order valence-corrected chi connectivity index (χ4v) is 2.38. The molecule has 1 aromatic rings. The molecule has 19 heavy (non-hydrogen) atoms. The normalized spacial score (nSPS) is 18.3. The van der Waals surface area contributed by atoms with Gasteiger partial charge in [-0.2, -0.15) is 0 Å². The largest absolute Gasteiger partial charge is 0.491 e. The molecule has 1 unspecified atom stereocenters. The van der Waals surface area contributed by atoms with Crippen molar-refractivity contribution in [3.63, 3.8) is 0 Å². The Kier molecular flexibility index (Phi) is 5.13. The van der Waals surface area contributed by atoms with Crippen LogP contribution < -0.4 is 10.5 Å². The van der Waals surface area contributed by atoms with Gasteiger partial charge < -0.3 is 15.2 Å². The van der Waals surface area contributed by atoms with Crippen LogP contribution in [-0.2, 0) is 4.74 Å². The van der Waals surface area contributed by atoms with Gasteiger partial charge in [0.2, 0.25) is 0 Å². The van der Waals surface area contributed by atoms with Crippen LogP contribution in [0.1, 0.15) is 18.5 Å². The van der Waals surface area contributed by atoms with E-state index in [2.05, 4.69) is 4.90 Å². The highest BCUT2D eigenvalue weighted by Crippen LogP contribution is 2.25. The minimum absolute atomic E-state index is 0.0362. The van der Waals surface area contributed by atoms with E-state index < -0.39 is 0 Å². The Morgan fingerprint density at radius 1 is 1.42 bits per heavy atom. The van der Waals surface area contributed by atoms with E-state index in [1.54, 1.807) is 6.07 Å². The van der Waals surface area contributed by atoms with Gasteiger partial charge >= 0.3 is 0 Å². The highest BCUT2D eigenvalue weighted by Gasteiger charge is 2.22. The lowest BCUT2D eigenvalue weighted by Crippen LogP contribution is -2.41. The van der Waals surface area contributed by atoms with Gasteiger partial charge in [-0.1, -0.05) is 6.07 Å². The van der Waals surface area contributed by atoms with Crippen LogP contribution in [0.2, 0.25) is 0 Å². The van der Waals surface area contributed by atoms with Crippen LogP contribution in [0, 0.1) is 5.82 Å². The molecule has 0 saturated carbocycles. The summed E-state index contributed by atoms with van der Waals surface area (Å²) in [6.45, 7) is 5.83. The van der Waals surface area contributed by atoms with E-state index in [1.165, 1.54) is 6.07 Å². The predicted molar refractivity (Wildman–Crippen MR) is 71.8 cm³/mol. The number of benzene rings is 1. The smallest absolute Gasteiger partial charge is 0.165 e. The second kappa shape index (κ2) is 6.84. The molecule has 1 heterocycles. The lowest BCUT2D eigenvalue weighted by molar-refractivity contribution is 0.0178. The van der Waals surface area contributed by atoms with Gasteiger partial charge in [0.05, 0.1) is 19.8 Å². The first kappa shape index (κ1) is 14.2. The molecule has 0 aliphatic carbocycles. The Morgan fingerprint density at radius 3 is 2.74 bits per heavy atom. The molecule has 1 aliphatic heterocycles. The summed E-state index contributed by atoms with van der Waals surface area (Å²) in [7, 11) is 0. The van der Waals surface area contributed by atoms with Crippen LogP contribution in [0.3, 0.4) is 0 Å². The molecule has 0 spiro atoms. The molecule has 0 radical (unpaired) electrons. The number of nitrogens with zero attached hydrogens (tertiary/aromatic N) is 1. The molecule has 0 amide bonds. The number of hydrogen-bond acceptors (Lipinski definition) is 4. The topological polar surface area (TPSA) is 47.7 Å². The van der Waals surface area contributed by atoms with Crippen LogP contribution in [0.5, 0.6) is 5.75 Å². The number of halogens is 1. The molecule has 0 aromatic heterocycles. The van der Waals surface area contributed by atoms with E-state index in [-0.39, 0.29) is 11.9 Å². The Balaban J connectivity index is 2.15. The predicted octanol–water partition coefficient (Wildman–Crippen LogP) is 1.56. The molecule has 1 aromatic carbocycles. The van der Waals surface area contributed by atoms with Crippen molar-refractivity contribution in [3.8, 4) is 5.75 Å². The van der Waals surface area contributed by atoms with Crippen LogP contribution in [-0.4, -0.2) is 44.4 Å². The Hall–Kier alpha value is -1.17. The zero-order chi connectivity index (χ0) is 13.7. The second-order valence-corrected chi connectivity index (χ2v) is 4.52. The number of nitrogens with two attached hydrogens (primary N) is 1. The van der Waals surface area contributed by atoms with Crippen molar-refractivity contribution in [1.29, 1.82) is 0 Å². The van der Waals surface area contributed by atoms with Crippen molar-refractivity contribution >= 4 is 0 Å². The van der Waals surface area contributed by atoms with Crippen LogP contribution in [0.25, 0.3) is 0 Å². The molecule has 0 bridgehead atoms. The molecule has 2 rings (SSSR count). The van der Waals surface area contributed by atoms with Gasteiger partial charge in [-0.15, -0.1) is 0 Å². The van der Waals surface area contributed by atoms with Crippen molar-refractivity contribution in [1.82, 2.24) is 4.90 Å². The number of morpholine rings is 1. The first-order valence-corrected chi connectivity index (χ1v) is 6.70. The average Bonchev–Trinajstić information content (AvgIpc) is 2.44. The lowest BCUT2D eigenvalue weighted by Gasteiger charge is -2.34. The third-order valence-corrected chi connectivity index (χ3v) is 3.35. The fourth-order valence-electron chi connectivity index (χ4n) is 2.38. The minimum atomic E-state index is -0.328. The summed E-state index contributed by atoms with van der Waals surface area (Å²) in [5.74, 6) is -0.0324. The summed E-state index contributed by atoms with van der Waals surface area (Å²) in [5, 5.41) is 0. The maximum atomic E-state index is 13.9. The van der Waals surface area contributed by atoms with Gasteiger partial charge in [0, 0.05) is 25.7 Å². The van der Waals surface area contributed by atoms with E-state index in [0.29, 0.717) is 32.1 Å². The quantitative estimate of drug-likeness (QED) is 0.880. The van der Waals surface area contributed by atoms with Crippen molar-refractivity contribution in [2.24, 2.45) is 5.73 Å². The van der Waals surface area contributed by atoms with Crippen LogP contribution in [0.4, 0.5) is 4.39 Å². The highest BCUT2D eigenvalue weighted by molar-refractivity contribution is 5.31. The van der Waals surface area contributed by atoms with Gasteiger partial charge in [0.15, 0.2) is 11.6 Å². The average molecular weight is 268 g/mol. The van der Waals surface area contributed by atoms with E-state index in [1.807, 2.05) is 13.0 Å². The number of ether oxygens (including phenoxy) is 2. The zero-order valence-corrected chi connectivity index (χ0v) is 11.3. The molecule has 1 atom stereocenters. The molecule has 1 aliphatic rings. The first-order valence-electron chi connectivity index (χ1n) is 6.70. The lowest BCUT2D eigenvalue weighted by atomic mass is 10.0. The first-order chi connectivity index (χ1) is 9.26.